The maximum Gasteiger partial charge on any atom is 0.152 e. The van der Waals surface area contributed by atoms with Gasteiger partial charge in [0.1, 0.15) is 0 Å². The lowest BCUT2D eigenvalue weighted by Crippen LogP contribution is -2.56. The number of hydrogen-bond acceptors (Lipinski definition) is 2. The summed E-state index contributed by atoms with van der Waals surface area (Å²) in [6.07, 6.45) is 10.1. The molecule has 2 fully saturated rings. The monoisotopic (exact) mass is 195 g/mol. The van der Waals surface area contributed by atoms with E-state index in [-0.39, 0.29) is 0 Å². The summed E-state index contributed by atoms with van der Waals surface area (Å²) in [6.45, 7) is 0. The lowest BCUT2D eigenvalue weighted by molar-refractivity contribution is -0.128. The molecule has 0 saturated heterocycles. The molecule has 0 spiro atoms. The fourth-order valence-electron chi connectivity index (χ4n) is 3.12. The predicted molar refractivity (Wildman–Crippen MR) is 57.0 cm³/mol. The zero-order valence-electron chi connectivity index (χ0n) is 8.93. The molecule has 2 saturated carbocycles. The summed E-state index contributed by atoms with van der Waals surface area (Å²) in [4.78, 5) is 11.9. The number of rotatable bonds is 1. The van der Waals surface area contributed by atoms with Crippen molar-refractivity contribution in [3.63, 3.8) is 0 Å². The molecule has 1 unspecified atom stereocenters. The zero-order valence-corrected chi connectivity index (χ0v) is 8.93. The third kappa shape index (κ3) is 1.72. The van der Waals surface area contributed by atoms with Crippen LogP contribution < -0.4 is 5.73 Å². The largest absolute Gasteiger partial charge is 0.319 e. The molecule has 2 heteroatoms. The smallest absolute Gasteiger partial charge is 0.152 e. The molecular weight excluding hydrogens is 174 g/mol. The minimum Gasteiger partial charge on any atom is -0.319 e. The molecule has 2 nitrogen and oxygen atoms in total. The van der Waals surface area contributed by atoms with Gasteiger partial charge in [0.15, 0.2) is 5.78 Å². The van der Waals surface area contributed by atoms with E-state index in [1.165, 1.54) is 32.1 Å². The predicted octanol–water partition coefficient (Wildman–Crippen LogP) is 2.41. The normalized spacial score (nSPS) is 35.9. The van der Waals surface area contributed by atoms with E-state index in [0.717, 1.165) is 25.7 Å². The van der Waals surface area contributed by atoms with Crippen LogP contribution in [0.2, 0.25) is 0 Å². The Hall–Kier alpha value is -0.370. The van der Waals surface area contributed by atoms with Gasteiger partial charge in [-0.05, 0) is 31.6 Å². The Morgan fingerprint density at radius 3 is 2.43 bits per heavy atom. The van der Waals surface area contributed by atoms with Crippen molar-refractivity contribution >= 4 is 5.78 Å². The van der Waals surface area contributed by atoms with Crippen LogP contribution in [-0.2, 0) is 4.79 Å². The minimum atomic E-state index is -0.432. The van der Waals surface area contributed by atoms with E-state index >= 15 is 0 Å². The minimum absolute atomic E-state index is 0.343. The highest BCUT2D eigenvalue weighted by Gasteiger charge is 2.42. The van der Waals surface area contributed by atoms with E-state index in [2.05, 4.69) is 0 Å². The highest BCUT2D eigenvalue weighted by molar-refractivity contribution is 5.89. The van der Waals surface area contributed by atoms with Gasteiger partial charge in [0.2, 0.25) is 0 Å². The molecular formula is C12H21NO. The Morgan fingerprint density at radius 2 is 1.79 bits per heavy atom. The van der Waals surface area contributed by atoms with Gasteiger partial charge < -0.3 is 5.73 Å². The molecule has 0 heterocycles. The molecule has 2 rings (SSSR count). The van der Waals surface area contributed by atoms with E-state index in [4.69, 9.17) is 5.73 Å². The number of carbonyl (C=O) groups excluding carboxylic acids is 1. The van der Waals surface area contributed by atoms with Crippen molar-refractivity contribution in [2.45, 2.75) is 63.3 Å². The molecule has 0 bridgehead atoms. The van der Waals surface area contributed by atoms with Crippen LogP contribution in [0.1, 0.15) is 57.8 Å². The Balaban J connectivity index is 2.07. The summed E-state index contributed by atoms with van der Waals surface area (Å²) in [5.74, 6) is 0.833. The van der Waals surface area contributed by atoms with Crippen molar-refractivity contribution in [3.05, 3.63) is 0 Å². The van der Waals surface area contributed by atoms with Crippen LogP contribution in [0.3, 0.4) is 0 Å². The number of Topliss-reactive ketones (excluding diaryl/α,β-unsaturated/α-hetero) is 1. The molecule has 1 atom stereocenters. The van der Waals surface area contributed by atoms with Gasteiger partial charge in [0, 0.05) is 6.42 Å². The van der Waals surface area contributed by atoms with E-state index in [1.807, 2.05) is 0 Å². The first kappa shape index (κ1) is 10.2. The van der Waals surface area contributed by atoms with Gasteiger partial charge in [-0.15, -0.1) is 0 Å². The first-order valence-corrected chi connectivity index (χ1v) is 6.06. The van der Waals surface area contributed by atoms with Crippen molar-refractivity contribution in [1.82, 2.24) is 0 Å². The summed E-state index contributed by atoms with van der Waals surface area (Å²) in [5, 5.41) is 0. The second-order valence-corrected chi connectivity index (χ2v) is 5.01. The molecule has 0 aliphatic heterocycles. The van der Waals surface area contributed by atoms with Gasteiger partial charge in [-0.3, -0.25) is 4.79 Å². The second kappa shape index (κ2) is 4.01. The fraction of sp³-hybridized carbons (Fsp3) is 0.917. The average Bonchev–Trinajstić information content (AvgIpc) is 2.24. The van der Waals surface area contributed by atoms with Gasteiger partial charge in [-0.25, -0.2) is 0 Å². The summed E-state index contributed by atoms with van der Waals surface area (Å²) in [7, 11) is 0. The van der Waals surface area contributed by atoms with Crippen molar-refractivity contribution in [2.24, 2.45) is 11.7 Å². The number of hydrogen-bond donors (Lipinski definition) is 1. The third-order valence-electron chi connectivity index (χ3n) is 4.10. The molecule has 14 heavy (non-hydrogen) atoms. The maximum atomic E-state index is 11.9. The van der Waals surface area contributed by atoms with Gasteiger partial charge in [0.05, 0.1) is 5.54 Å². The third-order valence-corrected chi connectivity index (χ3v) is 4.10. The molecule has 0 aromatic carbocycles. The van der Waals surface area contributed by atoms with Crippen LogP contribution in [0.25, 0.3) is 0 Å². The van der Waals surface area contributed by atoms with Crippen molar-refractivity contribution in [3.8, 4) is 0 Å². The van der Waals surface area contributed by atoms with Crippen LogP contribution in [0.15, 0.2) is 0 Å². The summed E-state index contributed by atoms with van der Waals surface area (Å²) in [5.41, 5.74) is 5.90. The molecule has 80 valence electrons. The van der Waals surface area contributed by atoms with Crippen LogP contribution in [0, 0.1) is 5.92 Å². The zero-order chi connectivity index (χ0) is 10.0. The first-order valence-electron chi connectivity index (χ1n) is 6.06. The van der Waals surface area contributed by atoms with Gasteiger partial charge >= 0.3 is 0 Å². The van der Waals surface area contributed by atoms with E-state index in [1.54, 1.807) is 0 Å². The molecule has 2 aliphatic carbocycles. The molecule has 0 aromatic heterocycles. The lowest BCUT2D eigenvalue weighted by Gasteiger charge is -2.40. The summed E-state index contributed by atoms with van der Waals surface area (Å²) in [6, 6.07) is 0. The van der Waals surface area contributed by atoms with Gasteiger partial charge in [-0.1, -0.05) is 25.7 Å². The lowest BCUT2D eigenvalue weighted by atomic mass is 9.67. The maximum absolute atomic E-state index is 11.9. The molecule has 0 aromatic rings. The Kier molecular flexibility index (Phi) is 2.91. The molecule has 0 radical (unpaired) electrons. The van der Waals surface area contributed by atoms with Crippen LogP contribution in [-0.4, -0.2) is 11.3 Å². The van der Waals surface area contributed by atoms with Crippen molar-refractivity contribution < 1.29 is 4.79 Å². The molecule has 0 amide bonds. The summed E-state index contributed by atoms with van der Waals surface area (Å²) >= 11 is 0. The number of ketones is 1. The topological polar surface area (TPSA) is 43.1 Å². The van der Waals surface area contributed by atoms with E-state index < -0.39 is 5.54 Å². The molecule has 2 aliphatic rings. The van der Waals surface area contributed by atoms with Crippen molar-refractivity contribution in [2.75, 3.05) is 0 Å². The highest BCUT2D eigenvalue weighted by Crippen LogP contribution is 2.37. The first-order chi connectivity index (χ1) is 6.73. The van der Waals surface area contributed by atoms with Crippen LogP contribution in [0.4, 0.5) is 0 Å². The second-order valence-electron chi connectivity index (χ2n) is 5.01. The standard InChI is InChI=1S/C12H21NO/c13-12(9-5-4-8-11(12)14)10-6-2-1-3-7-10/h10H,1-9,13H2. The fourth-order valence-corrected chi connectivity index (χ4v) is 3.12. The average molecular weight is 195 g/mol. The van der Waals surface area contributed by atoms with Gasteiger partial charge in [0.25, 0.3) is 0 Å². The van der Waals surface area contributed by atoms with Crippen LogP contribution in [0.5, 0.6) is 0 Å². The van der Waals surface area contributed by atoms with Gasteiger partial charge in [-0.2, -0.15) is 0 Å². The highest BCUT2D eigenvalue weighted by atomic mass is 16.1. The Morgan fingerprint density at radius 1 is 1.07 bits per heavy atom. The Bertz CT molecular complexity index is 220. The van der Waals surface area contributed by atoms with E-state index in [9.17, 15) is 4.79 Å². The van der Waals surface area contributed by atoms with E-state index in [0.29, 0.717) is 11.7 Å². The number of nitrogens with two attached hydrogens (primary N) is 1. The van der Waals surface area contributed by atoms with Crippen LogP contribution >= 0.6 is 0 Å². The Labute approximate surface area is 86.2 Å². The molecule has 2 N–H and O–H groups in total. The SMILES string of the molecule is NC1(C2CCCCC2)CCCCC1=O. The quantitative estimate of drug-likeness (QED) is 0.698. The summed E-state index contributed by atoms with van der Waals surface area (Å²) < 4.78 is 0. The number of carbonyl (C=O) groups is 1. The van der Waals surface area contributed by atoms with Crippen molar-refractivity contribution in [1.29, 1.82) is 0 Å².